The van der Waals surface area contributed by atoms with Gasteiger partial charge in [-0.1, -0.05) is 57.0 Å². The van der Waals surface area contributed by atoms with Crippen LogP contribution in [0, 0.1) is 17.3 Å². The Morgan fingerprint density at radius 1 is 1.10 bits per heavy atom. The first kappa shape index (κ1) is 17.1. The molecule has 2 heterocycles. The second-order valence-corrected chi connectivity index (χ2v) is 10.7. The van der Waals surface area contributed by atoms with E-state index in [2.05, 4.69) is 6.92 Å². The molecule has 2 fully saturated rings. The van der Waals surface area contributed by atoms with E-state index in [9.17, 15) is 9.59 Å². The summed E-state index contributed by atoms with van der Waals surface area (Å²) < 4.78 is 0. The van der Waals surface area contributed by atoms with E-state index in [0.717, 1.165) is 35.9 Å². The summed E-state index contributed by atoms with van der Waals surface area (Å²) in [4.78, 5) is 25.5. The quantitative estimate of drug-likeness (QED) is 0.654. The Balaban J connectivity index is 2.32. The lowest BCUT2D eigenvalue weighted by atomic mass is 9.69. The van der Waals surface area contributed by atoms with Gasteiger partial charge in [0, 0.05) is 41.3 Å². The van der Waals surface area contributed by atoms with Crippen LogP contribution in [0.15, 0.2) is 0 Å². The predicted octanol–water partition coefficient (Wildman–Crippen LogP) is 4.34. The summed E-state index contributed by atoms with van der Waals surface area (Å²) in [5.41, 5.74) is -0.437. The Bertz CT molecular complexity index is 368. The van der Waals surface area contributed by atoms with E-state index < -0.39 is 5.41 Å². The predicted molar refractivity (Wildman–Crippen MR) is 94.5 cm³/mol. The maximum absolute atomic E-state index is 13.1. The molecular weight excluding hydrogens is 328 g/mol. The number of rotatable bonds is 1. The molecule has 2 aliphatic heterocycles. The summed E-state index contributed by atoms with van der Waals surface area (Å²) in [5.74, 6) is 4.20. The zero-order chi connectivity index (χ0) is 14.6. The van der Waals surface area contributed by atoms with Gasteiger partial charge in [-0.25, -0.2) is 0 Å². The van der Waals surface area contributed by atoms with Gasteiger partial charge in [0.1, 0.15) is 11.6 Å². The van der Waals surface area contributed by atoms with Crippen LogP contribution in [-0.4, -0.2) is 34.6 Å². The van der Waals surface area contributed by atoms with Crippen LogP contribution in [-0.2, 0) is 9.59 Å². The smallest absolute Gasteiger partial charge is 0.144 e. The fraction of sp³-hybridized carbons (Fsp3) is 0.857. The number of ketones is 2. The maximum atomic E-state index is 13.1. The molecule has 114 valence electrons. The highest BCUT2D eigenvalue weighted by Crippen LogP contribution is 2.48. The molecule has 0 aliphatic carbocycles. The average Bonchev–Trinajstić information content (AvgIpc) is 2.43. The van der Waals surface area contributed by atoms with E-state index in [1.54, 1.807) is 32.4 Å². The van der Waals surface area contributed by atoms with Crippen LogP contribution < -0.4 is 0 Å². The Labute approximate surface area is 137 Å². The molecular formula is C14H22O2S4. The van der Waals surface area contributed by atoms with Crippen molar-refractivity contribution in [1.29, 1.82) is 0 Å². The molecule has 1 spiro atoms. The highest BCUT2D eigenvalue weighted by Gasteiger charge is 2.49. The molecule has 3 atom stereocenters. The number of carbonyl (C=O) groups is 2. The first-order valence-electron chi connectivity index (χ1n) is 7.17. The van der Waals surface area contributed by atoms with Crippen molar-refractivity contribution in [3.8, 4) is 0 Å². The minimum Gasteiger partial charge on any atom is -0.299 e. The van der Waals surface area contributed by atoms with Crippen LogP contribution in [0.25, 0.3) is 0 Å². The Morgan fingerprint density at radius 3 is 2.40 bits per heavy atom. The van der Waals surface area contributed by atoms with Gasteiger partial charge in [-0.2, -0.15) is 0 Å². The van der Waals surface area contributed by atoms with E-state index in [4.69, 9.17) is 0 Å². The topological polar surface area (TPSA) is 34.1 Å². The molecule has 0 aromatic rings. The molecule has 20 heavy (non-hydrogen) atoms. The van der Waals surface area contributed by atoms with Crippen molar-refractivity contribution >= 4 is 54.7 Å². The fourth-order valence-electron chi connectivity index (χ4n) is 2.84. The first-order valence-corrected chi connectivity index (χ1v) is 12.1. The van der Waals surface area contributed by atoms with Crippen molar-refractivity contribution in [3.63, 3.8) is 0 Å². The molecule has 0 saturated carbocycles. The molecule has 0 N–H and O–H groups in total. The number of hydrogen-bond acceptors (Lipinski definition) is 6. The van der Waals surface area contributed by atoms with Gasteiger partial charge in [0.15, 0.2) is 0 Å². The molecule has 0 amide bonds. The summed E-state index contributed by atoms with van der Waals surface area (Å²) in [6.45, 7) is 4.10. The monoisotopic (exact) mass is 350 g/mol. The molecule has 2 saturated heterocycles. The van der Waals surface area contributed by atoms with Crippen LogP contribution in [0.3, 0.4) is 0 Å². The van der Waals surface area contributed by atoms with Gasteiger partial charge in [0.2, 0.25) is 0 Å². The van der Waals surface area contributed by atoms with Crippen molar-refractivity contribution in [3.05, 3.63) is 0 Å². The maximum Gasteiger partial charge on any atom is 0.144 e. The van der Waals surface area contributed by atoms with Gasteiger partial charge in [-0.05, 0) is 12.8 Å². The standard InChI is InChI=1S/C14H22O2S4/c1-3-11-4-6-17-19-8-14(13(11)16)9-20-18-7-5-12(15)10(14)2/h10-11H,3-9H2,1-2H3/t10-,11+,14?/m0/s1. The average molecular weight is 351 g/mol. The lowest BCUT2D eigenvalue weighted by molar-refractivity contribution is -0.139. The van der Waals surface area contributed by atoms with Crippen LogP contribution in [0.5, 0.6) is 0 Å². The van der Waals surface area contributed by atoms with Gasteiger partial charge in [0.05, 0.1) is 5.41 Å². The van der Waals surface area contributed by atoms with Crippen molar-refractivity contribution in [1.82, 2.24) is 0 Å². The zero-order valence-corrected chi connectivity index (χ0v) is 15.3. The SMILES string of the molecule is CC[C@@H]1CCSSCC2(CSSCCC(=O)[C@@H]2C)C1=O. The highest BCUT2D eigenvalue weighted by molar-refractivity contribution is 8.77. The van der Waals surface area contributed by atoms with Gasteiger partial charge in [-0.3, -0.25) is 9.59 Å². The second-order valence-electron chi connectivity index (χ2n) is 5.52. The second kappa shape index (κ2) is 7.84. The van der Waals surface area contributed by atoms with Crippen molar-refractivity contribution in [2.24, 2.45) is 17.3 Å². The molecule has 2 aliphatic rings. The largest absolute Gasteiger partial charge is 0.299 e. The van der Waals surface area contributed by atoms with Crippen molar-refractivity contribution in [2.75, 3.05) is 23.0 Å². The zero-order valence-electron chi connectivity index (χ0n) is 12.1. The molecule has 0 radical (unpaired) electrons. The normalized spacial score (nSPS) is 37.1. The lowest BCUT2D eigenvalue weighted by Crippen LogP contribution is -2.49. The van der Waals surface area contributed by atoms with E-state index in [1.807, 2.05) is 17.7 Å². The van der Waals surface area contributed by atoms with Gasteiger partial charge < -0.3 is 0 Å². The molecule has 0 bridgehead atoms. The minimum atomic E-state index is -0.437. The van der Waals surface area contributed by atoms with Gasteiger partial charge >= 0.3 is 0 Å². The molecule has 0 aromatic carbocycles. The number of Topliss-reactive ketones (excluding diaryl/α,β-unsaturated/α-hetero) is 2. The summed E-state index contributed by atoms with van der Waals surface area (Å²) in [6, 6.07) is 0. The Hall–Kier alpha value is 0.740. The van der Waals surface area contributed by atoms with Crippen LogP contribution in [0.2, 0.25) is 0 Å². The third-order valence-corrected chi connectivity index (χ3v) is 9.53. The molecule has 1 unspecified atom stereocenters. The third-order valence-electron chi connectivity index (χ3n) is 4.45. The number of carbonyl (C=O) groups excluding carboxylic acids is 2. The Kier molecular flexibility index (Phi) is 6.70. The summed E-state index contributed by atoms with van der Waals surface area (Å²) in [5, 5.41) is 0. The molecule has 2 nitrogen and oxygen atoms in total. The first-order chi connectivity index (χ1) is 9.62. The van der Waals surface area contributed by atoms with Gasteiger partial charge in [-0.15, -0.1) is 0 Å². The minimum absolute atomic E-state index is 0.122. The highest BCUT2D eigenvalue weighted by atomic mass is 33.1. The van der Waals surface area contributed by atoms with Crippen LogP contribution >= 0.6 is 43.2 Å². The van der Waals surface area contributed by atoms with E-state index in [0.29, 0.717) is 12.2 Å². The summed E-state index contributed by atoms with van der Waals surface area (Å²) >= 11 is 0. The van der Waals surface area contributed by atoms with E-state index >= 15 is 0 Å². The van der Waals surface area contributed by atoms with Crippen LogP contribution in [0.1, 0.15) is 33.1 Å². The summed E-state index contributed by atoms with van der Waals surface area (Å²) in [7, 11) is 7.21. The third kappa shape index (κ3) is 3.55. The van der Waals surface area contributed by atoms with Crippen molar-refractivity contribution in [2.45, 2.75) is 33.1 Å². The van der Waals surface area contributed by atoms with Crippen molar-refractivity contribution < 1.29 is 9.59 Å². The van der Waals surface area contributed by atoms with E-state index in [1.165, 1.54) is 0 Å². The van der Waals surface area contributed by atoms with E-state index in [-0.39, 0.29) is 17.6 Å². The van der Waals surface area contributed by atoms with Crippen LogP contribution in [0.4, 0.5) is 0 Å². The molecule has 0 aromatic heterocycles. The van der Waals surface area contributed by atoms with Gasteiger partial charge in [0.25, 0.3) is 0 Å². The lowest BCUT2D eigenvalue weighted by Gasteiger charge is -2.40. The molecule has 2 rings (SSSR count). The fourth-order valence-corrected chi connectivity index (χ4v) is 8.46. The summed E-state index contributed by atoms with van der Waals surface area (Å²) in [6.07, 6.45) is 2.49. The Morgan fingerprint density at radius 2 is 1.75 bits per heavy atom. The number of hydrogen-bond donors (Lipinski definition) is 0. The molecule has 6 heteroatoms.